The lowest BCUT2D eigenvalue weighted by molar-refractivity contribution is -0.134. The van der Waals surface area contributed by atoms with Crippen molar-refractivity contribution in [3.63, 3.8) is 0 Å². The molecule has 0 aromatic rings. The Hall–Kier alpha value is -1.06. The van der Waals surface area contributed by atoms with Gasteiger partial charge in [-0.15, -0.1) is 5.16 Å². The second kappa shape index (κ2) is 8.53. The van der Waals surface area contributed by atoms with Crippen molar-refractivity contribution in [2.75, 3.05) is 0 Å². The summed E-state index contributed by atoms with van der Waals surface area (Å²) in [5.74, 6) is 0.0815. The first-order valence-corrected chi connectivity index (χ1v) is 5.02. The molecule has 0 amide bonds. The second-order valence-electron chi connectivity index (χ2n) is 3.54. The number of hydrogen-bond donors (Lipinski definition) is 2. The zero-order valence-electron chi connectivity index (χ0n) is 8.65. The average Bonchev–Trinajstić information content (AvgIpc) is 2.56. The largest absolute Gasteiger partial charge is 0.481 e. The lowest BCUT2D eigenvalue weighted by Gasteiger charge is -2.03. The van der Waals surface area contributed by atoms with Crippen LogP contribution in [0, 0.1) is 5.92 Å². The Balaban J connectivity index is 0.000000364. The zero-order chi connectivity index (χ0) is 10.8. The van der Waals surface area contributed by atoms with E-state index in [0.29, 0.717) is 0 Å². The first-order valence-electron chi connectivity index (χ1n) is 5.02. The lowest BCUT2D eigenvalue weighted by atomic mass is 10.0. The average molecular weight is 201 g/mol. The Kier molecular flexibility index (Phi) is 7.89. The first kappa shape index (κ1) is 12.9. The van der Waals surface area contributed by atoms with E-state index in [2.05, 4.69) is 5.16 Å². The highest BCUT2D eigenvalue weighted by atomic mass is 16.4. The Labute approximate surface area is 84.6 Å². The summed E-state index contributed by atoms with van der Waals surface area (Å²) < 4.78 is 0. The van der Waals surface area contributed by atoms with Gasteiger partial charge < -0.3 is 10.3 Å². The molecule has 0 bridgehead atoms. The van der Waals surface area contributed by atoms with E-state index in [1.54, 1.807) is 6.21 Å². The van der Waals surface area contributed by atoms with Crippen LogP contribution in [-0.4, -0.2) is 22.5 Å². The van der Waals surface area contributed by atoms with Crippen LogP contribution in [0.15, 0.2) is 5.16 Å². The predicted molar refractivity (Wildman–Crippen MR) is 54.8 cm³/mol. The molecule has 1 aliphatic carbocycles. The number of carbonyl (C=O) groups is 1. The molecular formula is C10H19NO3. The molecule has 0 saturated heterocycles. The fraction of sp³-hybridized carbons (Fsp3) is 0.800. The van der Waals surface area contributed by atoms with E-state index in [9.17, 15) is 0 Å². The topological polar surface area (TPSA) is 69.9 Å². The van der Waals surface area contributed by atoms with Gasteiger partial charge in [-0.2, -0.15) is 0 Å². The zero-order valence-corrected chi connectivity index (χ0v) is 8.65. The molecule has 0 heterocycles. The number of nitrogens with zero attached hydrogens (tertiary/aromatic N) is 1. The van der Waals surface area contributed by atoms with Gasteiger partial charge in [0.2, 0.25) is 0 Å². The molecule has 0 aliphatic heterocycles. The third-order valence-electron chi connectivity index (χ3n) is 2.26. The van der Waals surface area contributed by atoms with Crippen molar-refractivity contribution in [2.24, 2.45) is 11.1 Å². The van der Waals surface area contributed by atoms with E-state index in [0.717, 1.165) is 19.3 Å². The molecule has 1 aliphatic rings. The fourth-order valence-electron chi connectivity index (χ4n) is 1.67. The summed E-state index contributed by atoms with van der Waals surface area (Å²) in [5, 5.41) is 18.5. The minimum atomic E-state index is -0.833. The highest BCUT2D eigenvalue weighted by molar-refractivity contribution is 5.62. The van der Waals surface area contributed by atoms with E-state index in [4.69, 9.17) is 15.1 Å². The molecule has 0 spiro atoms. The van der Waals surface area contributed by atoms with Crippen molar-refractivity contribution in [3.05, 3.63) is 0 Å². The summed E-state index contributed by atoms with van der Waals surface area (Å²) >= 11 is 0. The van der Waals surface area contributed by atoms with Crippen molar-refractivity contribution in [2.45, 2.75) is 45.4 Å². The van der Waals surface area contributed by atoms with Gasteiger partial charge in [0.1, 0.15) is 0 Å². The number of aliphatic carboxylic acids is 1. The third-order valence-corrected chi connectivity index (χ3v) is 2.26. The summed E-state index contributed by atoms with van der Waals surface area (Å²) in [7, 11) is 0. The molecule has 0 radical (unpaired) electrons. The third kappa shape index (κ3) is 9.03. The number of carboxylic acid groups (broad SMARTS) is 1. The van der Waals surface area contributed by atoms with Crippen LogP contribution < -0.4 is 0 Å². The second-order valence-corrected chi connectivity index (χ2v) is 3.54. The molecule has 4 nitrogen and oxygen atoms in total. The van der Waals surface area contributed by atoms with Crippen LogP contribution in [0.5, 0.6) is 0 Å². The van der Waals surface area contributed by atoms with Gasteiger partial charge >= 0.3 is 0 Å². The summed E-state index contributed by atoms with van der Waals surface area (Å²) in [5.41, 5.74) is 0. The molecule has 0 atom stereocenters. The summed E-state index contributed by atoms with van der Waals surface area (Å²) in [6, 6.07) is 0. The molecule has 1 saturated carbocycles. The smallest absolute Gasteiger partial charge is 0.300 e. The maximum atomic E-state index is 9.00. The Bertz CT molecular complexity index is 170. The minimum absolute atomic E-state index is 0.833. The van der Waals surface area contributed by atoms with Crippen LogP contribution in [-0.2, 0) is 4.79 Å². The molecule has 0 aromatic carbocycles. The van der Waals surface area contributed by atoms with Gasteiger partial charge in [-0.1, -0.05) is 25.7 Å². The SMILES string of the molecule is CC(=O)O.ON=CCCC1CCCC1. The minimum Gasteiger partial charge on any atom is -0.481 e. The van der Waals surface area contributed by atoms with E-state index in [1.165, 1.54) is 32.1 Å². The molecule has 1 fully saturated rings. The molecule has 2 N–H and O–H groups in total. The number of rotatable bonds is 3. The van der Waals surface area contributed by atoms with Crippen molar-refractivity contribution >= 4 is 12.2 Å². The maximum Gasteiger partial charge on any atom is 0.300 e. The van der Waals surface area contributed by atoms with Crippen LogP contribution in [0.3, 0.4) is 0 Å². The van der Waals surface area contributed by atoms with Gasteiger partial charge in [-0.05, 0) is 18.8 Å². The normalized spacial score (nSPS) is 16.6. The highest BCUT2D eigenvalue weighted by Crippen LogP contribution is 2.27. The van der Waals surface area contributed by atoms with Crippen LogP contribution in [0.2, 0.25) is 0 Å². The van der Waals surface area contributed by atoms with E-state index in [1.807, 2.05) is 0 Å². The van der Waals surface area contributed by atoms with Gasteiger partial charge in [0.05, 0.1) is 0 Å². The Morgan fingerprint density at radius 3 is 2.43 bits per heavy atom. The number of carboxylic acids is 1. The van der Waals surface area contributed by atoms with Crippen molar-refractivity contribution in [3.8, 4) is 0 Å². The van der Waals surface area contributed by atoms with Crippen molar-refractivity contribution in [1.29, 1.82) is 0 Å². The van der Waals surface area contributed by atoms with E-state index < -0.39 is 5.97 Å². The maximum absolute atomic E-state index is 9.00. The molecule has 82 valence electrons. The molecule has 0 unspecified atom stereocenters. The molecule has 4 heteroatoms. The van der Waals surface area contributed by atoms with Gasteiger partial charge in [0.15, 0.2) is 0 Å². The molecule has 0 aromatic heterocycles. The van der Waals surface area contributed by atoms with Crippen LogP contribution >= 0.6 is 0 Å². The van der Waals surface area contributed by atoms with Crippen LogP contribution in [0.25, 0.3) is 0 Å². The molecule has 14 heavy (non-hydrogen) atoms. The predicted octanol–water partition coefficient (Wildman–Crippen LogP) is 2.51. The monoisotopic (exact) mass is 201 g/mol. The van der Waals surface area contributed by atoms with Gasteiger partial charge in [-0.25, -0.2) is 0 Å². The standard InChI is InChI=1S/C8H15NO.C2H4O2/c10-9-7-3-6-8-4-1-2-5-8;1-2(3)4/h7-8,10H,1-6H2;1H3,(H,3,4). The van der Waals surface area contributed by atoms with Crippen LogP contribution in [0.1, 0.15) is 45.4 Å². The Morgan fingerprint density at radius 2 is 2.00 bits per heavy atom. The molecule has 1 rings (SSSR count). The van der Waals surface area contributed by atoms with Crippen molar-refractivity contribution in [1.82, 2.24) is 0 Å². The summed E-state index contributed by atoms with van der Waals surface area (Å²) in [6.07, 6.45) is 9.34. The van der Waals surface area contributed by atoms with Gasteiger partial charge in [-0.3, -0.25) is 4.79 Å². The summed E-state index contributed by atoms with van der Waals surface area (Å²) in [6.45, 7) is 1.08. The quantitative estimate of drug-likeness (QED) is 0.418. The van der Waals surface area contributed by atoms with Crippen LogP contribution in [0.4, 0.5) is 0 Å². The first-order chi connectivity index (χ1) is 6.66. The highest BCUT2D eigenvalue weighted by Gasteiger charge is 2.13. The number of oxime groups is 1. The lowest BCUT2D eigenvalue weighted by Crippen LogP contribution is -1.92. The van der Waals surface area contributed by atoms with Gasteiger partial charge in [0.25, 0.3) is 5.97 Å². The number of hydrogen-bond acceptors (Lipinski definition) is 3. The van der Waals surface area contributed by atoms with E-state index in [-0.39, 0.29) is 0 Å². The molecular weight excluding hydrogens is 182 g/mol. The fourth-order valence-corrected chi connectivity index (χ4v) is 1.67. The van der Waals surface area contributed by atoms with Crippen molar-refractivity contribution < 1.29 is 15.1 Å². The summed E-state index contributed by atoms with van der Waals surface area (Å²) in [4.78, 5) is 9.00. The Morgan fingerprint density at radius 1 is 1.50 bits per heavy atom. The van der Waals surface area contributed by atoms with Gasteiger partial charge in [0, 0.05) is 13.1 Å². The van der Waals surface area contributed by atoms with E-state index >= 15 is 0 Å².